The number of ether oxygens (including phenoxy) is 1. The van der Waals surface area contributed by atoms with Crippen LogP contribution in [0.5, 0.6) is 5.75 Å². The van der Waals surface area contributed by atoms with Crippen molar-refractivity contribution in [3.63, 3.8) is 0 Å². The Morgan fingerprint density at radius 3 is 2.70 bits per heavy atom. The molecule has 0 spiro atoms. The molecular weight excluding hydrogens is 255 g/mol. The van der Waals surface area contributed by atoms with Crippen LogP contribution >= 0.6 is 0 Å². The molecule has 1 N–H and O–H groups in total. The van der Waals surface area contributed by atoms with Crippen LogP contribution in [0.3, 0.4) is 0 Å². The van der Waals surface area contributed by atoms with Crippen LogP contribution < -0.4 is 4.74 Å². The van der Waals surface area contributed by atoms with Gasteiger partial charge in [0, 0.05) is 0 Å². The molecular formula is C17H25FO2. The minimum atomic E-state index is -0.323. The van der Waals surface area contributed by atoms with Crippen molar-refractivity contribution in [2.75, 3.05) is 7.11 Å². The van der Waals surface area contributed by atoms with E-state index in [2.05, 4.69) is 13.8 Å². The maximum atomic E-state index is 13.7. The SMILES string of the molecule is COc1ccc(CC2CC(C(C)C)CCC2O)cc1F. The van der Waals surface area contributed by atoms with Gasteiger partial charge in [0.1, 0.15) is 0 Å². The Morgan fingerprint density at radius 2 is 2.10 bits per heavy atom. The van der Waals surface area contributed by atoms with E-state index in [1.54, 1.807) is 6.07 Å². The third-order valence-electron chi connectivity index (χ3n) is 4.64. The van der Waals surface area contributed by atoms with Crippen LogP contribution in [-0.2, 0) is 6.42 Å². The summed E-state index contributed by atoms with van der Waals surface area (Å²) >= 11 is 0. The summed E-state index contributed by atoms with van der Waals surface area (Å²) in [6, 6.07) is 5.10. The fraction of sp³-hybridized carbons (Fsp3) is 0.647. The summed E-state index contributed by atoms with van der Waals surface area (Å²) in [6.45, 7) is 4.49. The first kappa shape index (κ1) is 15.3. The number of halogens is 1. The second-order valence-corrected chi connectivity index (χ2v) is 6.32. The topological polar surface area (TPSA) is 29.5 Å². The van der Waals surface area contributed by atoms with Gasteiger partial charge in [-0.1, -0.05) is 19.9 Å². The molecule has 0 amide bonds. The van der Waals surface area contributed by atoms with Gasteiger partial charge in [-0.05, 0) is 61.1 Å². The summed E-state index contributed by atoms with van der Waals surface area (Å²) in [7, 11) is 1.47. The highest BCUT2D eigenvalue weighted by Gasteiger charge is 2.30. The molecule has 1 aliphatic carbocycles. The van der Waals surface area contributed by atoms with Crippen molar-refractivity contribution in [1.82, 2.24) is 0 Å². The zero-order valence-electron chi connectivity index (χ0n) is 12.6. The fourth-order valence-corrected chi connectivity index (χ4v) is 3.25. The molecule has 0 bridgehead atoms. The van der Waals surface area contributed by atoms with Gasteiger partial charge in [0.25, 0.3) is 0 Å². The summed E-state index contributed by atoms with van der Waals surface area (Å²) < 4.78 is 18.7. The van der Waals surface area contributed by atoms with Gasteiger partial charge in [-0.3, -0.25) is 0 Å². The highest BCUT2D eigenvalue weighted by molar-refractivity contribution is 5.29. The Morgan fingerprint density at radius 1 is 1.35 bits per heavy atom. The smallest absolute Gasteiger partial charge is 0.165 e. The molecule has 3 atom stereocenters. The van der Waals surface area contributed by atoms with Crippen LogP contribution in [0.25, 0.3) is 0 Å². The monoisotopic (exact) mass is 280 g/mol. The quantitative estimate of drug-likeness (QED) is 0.908. The summed E-state index contributed by atoms with van der Waals surface area (Å²) in [5.41, 5.74) is 0.941. The zero-order valence-corrected chi connectivity index (χ0v) is 12.6. The molecule has 0 radical (unpaired) electrons. The standard InChI is InChI=1S/C17H25FO2/c1-11(2)13-5-6-16(19)14(10-13)8-12-4-7-17(20-3)15(18)9-12/h4,7,9,11,13-14,16,19H,5-6,8,10H2,1-3H3. The molecule has 20 heavy (non-hydrogen) atoms. The van der Waals surface area contributed by atoms with Crippen molar-refractivity contribution in [2.45, 2.75) is 45.6 Å². The number of aliphatic hydroxyl groups excluding tert-OH is 1. The molecule has 0 aromatic heterocycles. The Labute approximate surface area is 121 Å². The molecule has 3 unspecified atom stereocenters. The summed E-state index contributed by atoms with van der Waals surface area (Å²) in [5, 5.41) is 10.2. The van der Waals surface area contributed by atoms with Gasteiger partial charge >= 0.3 is 0 Å². The van der Waals surface area contributed by atoms with Gasteiger partial charge < -0.3 is 9.84 Å². The van der Waals surface area contributed by atoms with E-state index in [0.29, 0.717) is 11.8 Å². The number of rotatable bonds is 4. The Hall–Kier alpha value is -1.09. The van der Waals surface area contributed by atoms with E-state index in [4.69, 9.17) is 4.74 Å². The van der Waals surface area contributed by atoms with Crippen LogP contribution in [-0.4, -0.2) is 18.3 Å². The highest BCUT2D eigenvalue weighted by atomic mass is 19.1. The van der Waals surface area contributed by atoms with Crippen LogP contribution in [0.4, 0.5) is 4.39 Å². The molecule has 1 fully saturated rings. The van der Waals surface area contributed by atoms with Crippen molar-refractivity contribution in [1.29, 1.82) is 0 Å². The minimum absolute atomic E-state index is 0.240. The lowest BCUT2D eigenvalue weighted by molar-refractivity contribution is 0.0378. The highest BCUT2D eigenvalue weighted by Crippen LogP contribution is 2.36. The van der Waals surface area contributed by atoms with E-state index >= 15 is 0 Å². The molecule has 0 aliphatic heterocycles. The molecule has 2 rings (SSSR count). The summed E-state index contributed by atoms with van der Waals surface area (Å²) in [5.74, 6) is 1.52. The van der Waals surface area contributed by atoms with Crippen molar-refractivity contribution in [3.8, 4) is 5.75 Å². The lowest BCUT2D eigenvalue weighted by atomic mass is 9.73. The zero-order chi connectivity index (χ0) is 14.7. The van der Waals surface area contributed by atoms with Gasteiger partial charge in [-0.2, -0.15) is 0 Å². The molecule has 3 heteroatoms. The maximum absolute atomic E-state index is 13.7. The Balaban J connectivity index is 2.05. The Bertz CT molecular complexity index is 445. The van der Waals surface area contributed by atoms with E-state index in [9.17, 15) is 9.50 Å². The molecule has 1 saturated carbocycles. The van der Waals surface area contributed by atoms with Gasteiger partial charge in [-0.25, -0.2) is 4.39 Å². The average molecular weight is 280 g/mol. The number of hydrogen-bond acceptors (Lipinski definition) is 2. The second kappa shape index (κ2) is 6.57. The van der Waals surface area contributed by atoms with E-state index in [0.717, 1.165) is 31.2 Å². The van der Waals surface area contributed by atoms with Crippen LogP contribution in [0, 0.1) is 23.6 Å². The number of hydrogen-bond donors (Lipinski definition) is 1. The van der Waals surface area contributed by atoms with Gasteiger partial charge in [0.15, 0.2) is 11.6 Å². The third kappa shape index (κ3) is 3.51. The molecule has 0 saturated heterocycles. The normalized spacial score (nSPS) is 26.8. The lowest BCUT2D eigenvalue weighted by Gasteiger charge is -2.35. The van der Waals surface area contributed by atoms with E-state index in [1.165, 1.54) is 13.2 Å². The molecule has 112 valence electrons. The molecule has 1 aromatic carbocycles. The molecule has 2 nitrogen and oxygen atoms in total. The lowest BCUT2D eigenvalue weighted by Crippen LogP contribution is -2.32. The predicted molar refractivity (Wildman–Crippen MR) is 78.3 cm³/mol. The maximum Gasteiger partial charge on any atom is 0.165 e. The van der Waals surface area contributed by atoms with Gasteiger partial charge in [0.05, 0.1) is 13.2 Å². The summed E-state index contributed by atoms with van der Waals surface area (Å²) in [6.07, 6.45) is 3.49. The van der Waals surface area contributed by atoms with Crippen molar-refractivity contribution in [3.05, 3.63) is 29.6 Å². The molecule has 1 aromatic rings. The fourth-order valence-electron chi connectivity index (χ4n) is 3.25. The second-order valence-electron chi connectivity index (χ2n) is 6.32. The Kier molecular flexibility index (Phi) is 5.03. The number of methoxy groups -OCH3 is 1. The molecule has 1 aliphatic rings. The van der Waals surface area contributed by atoms with Crippen LogP contribution in [0.15, 0.2) is 18.2 Å². The minimum Gasteiger partial charge on any atom is -0.494 e. The van der Waals surface area contributed by atoms with Crippen LogP contribution in [0.1, 0.15) is 38.7 Å². The number of benzene rings is 1. The average Bonchev–Trinajstić information content (AvgIpc) is 2.41. The van der Waals surface area contributed by atoms with Gasteiger partial charge in [-0.15, -0.1) is 0 Å². The first-order valence-corrected chi connectivity index (χ1v) is 7.51. The van der Waals surface area contributed by atoms with Crippen LogP contribution in [0.2, 0.25) is 0 Å². The van der Waals surface area contributed by atoms with E-state index in [1.807, 2.05) is 6.07 Å². The van der Waals surface area contributed by atoms with Gasteiger partial charge in [0.2, 0.25) is 0 Å². The summed E-state index contributed by atoms with van der Waals surface area (Å²) in [4.78, 5) is 0. The van der Waals surface area contributed by atoms with Crippen molar-refractivity contribution < 1.29 is 14.2 Å². The first-order valence-electron chi connectivity index (χ1n) is 7.51. The number of aliphatic hydroxyl groups is 1. The van der Waals surface area contributed by atoms with Crippen molar-refractivity contribution >= 4 is 0 Å². The largest absolute Gasteiger partial charge is 0.494 e. The van der Waals surface area contributed by atoms with E-state index in [-0.39, 0.29) is 23.6 Å². The molecule has 0 heterocycles. The van der Waals surface area contributed by atoms with Crippen molar-refractivity contribution in [2.24, 2.45) is 17.8 Å². The predicted octanol–water partition coefficient (Wildman–Crippen LogP) is 3.81. The first-order chi connectivity index (χ1) is 9.51. The third-order valence-corrected chi connectivity index (χ3v) is 4.64. The van der Waals surface area contributed by atoms with E-state index < -0.39 is 0 Å².